The number of hydrogen-bond donors (Lipinski definition) is 0. The predicted molar refractivity (Wildman–Crippen MR) is 106 cm³/mol. The van der Waals surface area contributed by atoms with Crippen molar-refractivity contribution in [3.05, 3.63) is 57.9 Å². The van der Waals surface area contributed by atoms with E-state index in [2.05, 4.69) is 80.7 Å². The molecule has 1 aliphatic rings. The topological polar surface area (TPSA) is 7.12 Å². The molecule has 24 heavy (non-hydrogen) atoms. The van der Waals surface area contributed by atoms with Gasteiger partial charge in [0.05, 0.1) is 14.9 Å². The summed E-state index contributed by atoms with van der Waals surface area (Å²) in [5, 5.41) is 2.65. The summed E-state index contributed by atoms with van der Waals surface area (Å²) in [5.74, 6) is 0. The largest absolute Gasteiger partial charge is 0.337 e. The van der Waals surface area contributed by atoms with Gasteiger partial charge in [-0.3, -0.25) is 0 Å². The number of aromatic nitrogens is 1. The first-order chi connectivity index (χ1) is 11.5. The van der Waals surface area contributed by atoms with Gasteiger partial charge >= 0.3 is 0 Å². The first-order valence-corrected chi connectivity index (χ1v) is 9.72. The Morgan fingerprint density at radius 2 is 1.88 bits per heavy atom. The third-order valence-electron chi connectivity index (χ3n) is 5.06. The van der Waals surface area contributed by atoms with Crippen LogP contribution in [0.15, 0.2) is 39.6 Å². The molecule has 3 heterocycles. The second-order valence-electron chi connectivity index (χ2n) is 6.40. The molecule has 2 aromatic heterocycles. The minimum Gasteiger partial charge on any atom is -0.337 e. The quantitative estimate of drug-likeness (QED) is 0.556. The molecule has 0 atom stereocenters. The Labute approximate surface area is 151 Å². The molecule has 0 amide bonds. The zero-order valence-electron chi connectivity index (χ0n) is 14.7. The van der Waals surface area contributed by atoms with Gasteiger partial charge in [0.25, 0.3) is 0 Å². The Kier molecular flexibility index (Phi) is 3.70. The van der Waals surface area contributed by atoms with Gasteiger partial charge in [-0.25, -0.2) is 0 Å². The van der Waals surface area contributed by atoms with Gasteiger partial charge in [0.2, 0.25) is 5.69 Å². The molecule has 0 fully saturated rings. The molecule has 0 spiro atoms. The van der Waals surface area contributed by atoms with Crippen LogP contribution in [0.3, 0.4) is 0 Å². The molecular formula is C20H21N2S2+. The molecule has 1 aromatic carbocycles. The van der Waals surface area contributed by atoms with Crippen molar-refractivity contribution in [2.45, 2.75) is 25.0 Å². The van der Waals surface area contributed by atoms with E-state index in [1.165, 1.54) is 47.5 Å². The lowest BCUT2D eigenvalue weighted by atomic mass is 10.1. The second kappa shape index (κ2) is 5.64. The van der Waals surface area contributed by atoms with E-state index in [4.69, 9.17) is 0 Å². The third-order valence-corrected chi connectivity index (χ3v) is 7.50. The molecule has 0 unspecified atom stereocenters. The average Bonchev–Trinajstić information content (AvgIpc) is 3.07. The van der Waals surface area contributed by atoms with Crippen molar-refractivity contribution < 1.29 is 4.57 Å². The molecule has 0 radical (unpaired) electrons. The molecule has 1 aliphatic heterocycles. The van der Waals surface area contributed by atoms with Crippen LogP contribution in [0.25, 0.3) is 16.2 Å². The number of anilines is 1. The summed E-state index contributed by atoms with van der Waals surface area (Å²) < 4.78 is 5.05. The van der Waals surface area contributed by atoms with Crippen LogP contribution in [0, 0.1) is 20.8 Å². The van der Waals surface area contributed by atoms with Crippen LogP contribution in [-0.4, -0.2) is 7.05 Å². The summed E-state index contributed by atoms with van der Waals surface area (Å²) in [5.41, 5.74) is 6.66. The third kappa shape index (κ3) is 2.28. The number of thiophene rings is 1. The molecule has 2 nitrogen and oxygen atoms in total. The molecule has 0 saturated carbocycles. The standard InChI is InChI=1S/C20H21N2S2/c1-12-10-15(21(4)14(3)13(12)2)11-18-22(5)19-16-8-6-7-9-17(16)23-20(19)24-18/h6-11H,1-5H3/q+1. The van der Waals surface area contributed by atoms with Crippen molar-refractivity contribution >= 4 is 44.9 Å². The van der Waals surface area contributed by atoms with E-state index in [0.29, 0.717) is 0 Å². The molecule has 4 rings (SSSR count). The van der Waals surface area contributed by atoms with Crippen molar-refractivity contribution in [1.29, 1.82) is 0 Å². The number of rotatable bonds is 1. The van der Waals surface area contributed by atoms with E-state index in [1.54, 1.807) is 0 Å². The fourth-order valence-corrected chi connectivity index (χ4v) is 5.82. The van der Waals surface area contributed by atoms with Crippen LogP contribution in [0.1, 0.15) is 22.5 Å². The lowest BCUT2D eigenvalue weighted by molar-refractivity contribution is -0.679. The fraction of sp³-hybridized carbons (Fsp3) is 0.250. The normalized spacial score (nSPS) is 15.5. The van der Waals surface area contributed by atoms with Crippen molar-refractivity contribution in [2.75, 3.05) is 11.9 Å². The van der Waals surface area contributed by atoms with Crippen LogP contribution >= 0.6 is 23.1 Å². The number of benzene rings is 1. The zero-order valence-corrected chi connectivity index (χ0v) is 16.3. The molecule has 0 bridgehead atoms. The molecule has 122 valence electrons. The van der Waals surface area contributed by atoms with Crippen LogP contribution in [-0.2, 0) is 7.05 Å². The Balaban J connectivity index is 1.80. The number of hydrogen-bond acceptors (Lipinski definition) is 3. The van der Waals surface area contributed by atoms with Crippen molar-refractivity contribution in [3.63, 3.8) is 0 Å². The number of nitrogens with zero attached hydrogens (tertiary/aromatic N) is 2. The summed E-state index contributed by atoms with van der Waals surface area (Å²) in [4.78, 5) is 2.34. The zero-order chi connectivity index (χ0) is 17.0. The summed E-state index contributed by atoms with van der Waals surface area (Å²) in [7, 11) is 4.33. The SMILES string of the molecule is Cc1cc(/C=C2\Sc3sc4ccccc4c3N2C)[n+](C)c(C)c1C. The van der Waals surface area contributed by atoms with Gasteiger partial charge in [-0.05, 0) is 25.5 Å². The monoisotopic (exact) mass is 353 g/mol. The van der Waals surface area contributed by atoms with Gasteiger partial charge in [0, 0.05) is 41.8 Å². The minimum absolute atomic E-state index is 1.25. The highest BCUT2D eigenvalue weighted by molar-refractivity contribution is 8.05. The number of fused-ring (bicyclic) bond motifs is 3. The number of pyridine rings is 1. The maximum Gasteiger partial charge on any atom is 0.208 e. The smallest absolute Gasteiger partial charge is 0.208 e. The molecule has 0 aliphatic carbocycles. The summed E-state index contributed by atoms with van der Waals surface area (Å²) in [6, 6.07) is 11.0. The van der Waals surface area contributed by atoms with Crippen molar-refractivity contribution in [3.8, 4) is 0 Å². The van der Waals surface area contributed by atoms with E-state index >= 15 is 0 Å². The second-order valence-corrected chi connectivity index (χ2v) is 8.74. The van der Waals surface area contributed by atoms with Crippen LogP contribution in [0.2, 0.25) is 0 Å². The lowest BCUT2D eigenvalue weighted by Gasteiger charge is -2.14. The van der Waals surface area contributed by atoms with Crippen LogP contribution in [0.4, 0.5) is 5.69 Å². The molecule has 3 aromatic rings. The minimum atomic E-state index is 1.25. The maximum atomic E-state index is 2.34. The number of thioether (sulfide) groups is 1. The van der Waals surface area contributed by atoms with E-state index in [9.17, 15) is 0 Å². The van der Waals surface area contributed by atoms with E-state index in [1.807, 2.05) is 23.1 Å². The van der Waals surface area contributed by atoms with Gasteiger partial charge in [-0.2, -0.15) is 4.57 Å². The van der Waals surface area contributed by atoms with Gasteiger partial charge < -0.3 is 4.90 Å². The van der Waals surface area contributed by atoms with Crippen molar-refractivity contribution in [2.24, 2.45) is 7.05 Å². The Morgan fingerprint density at radius 3 is 2.67 bits per heavy atom. The van der Waals surface area contributed by atoms with Gasteiger partial charge in [0.15, 0.2) is 5.69 Å². The first kappa shape index (κ1) is 15.7. The van der Waals surface area contributed by atoms with Crippen LogP contribution < -0.4 is 9.47 Å². The summed E-state index contributed by atoms with van der Waals surface area (Å²) in [6.45, 7) is 6.59. The molecule has 0 N–H and O–H groups in total. The maximum absolute atomic E-state index is 2.34. The molecule has 4 heteroatoms. The molecule has 0 saturated heterocycles. The predicted octanol–water partition coefficient (Wildman–Crippen LogP) is 5.19. The highest BCUT2D eigenvalue weighted by Crippen LogP contribution is 2.53. The van der Waals surface area contributed by atoms with Crippen molar-refractivity contribution in [1.82, 2.24) is 0 Å². The fourth-order valence-electron chi connectivity index (χ4n) is 3.22. The molecular weight excluding hydrogens is 332 g/mol. The summed E-state index contributed by atoms with van der Waals surface area (Å²) in [6.07, 6.45) is 2.31. The highest BCUT2D eigenvalue weighted by Gasteiger charge is 2.28. The highest BCUT2D eigenvalue weighted by atomic mass is 32.2. The number of aryl methyl sites for hydroxylation is 1. The first-order valence-electron chi connectivity index (χ1n) is 8.09. The van der Waals surface area contributed by atoms with E-state index in [0.717, 1.165) is 0 Å². The van der Waals surface area contributed by atoms with Gasteiger partial charge in [-0.1, -0.05) is 30.0 Å². The van der Waals surface area contributed by atoms with Crippen LogP contribution in [0.5, 0.6) is 0 Å². The average molecular weight is 354 g/mol. The van der Waals surface area contributed by atoms with Gasteiger partial charge in [0.1, 0.15) is 7.05 Å². The Morgan fingerprint density at radius 1 is 1.12 bits per heavy atom. The Hall–Kier alpha value is -1.78. The van der Waals surface area contributed by atoms with E-state index in [-0.39, 0.29) is 0 Å². The summed E-state index contributed by atoms with van der Waals surface area (Å²) >= 11 is 3.77. The van der Waals surface area contributed by atoms with Gasteiger partial charge in [-0.15, -0.1) is 11.3 Å². The Bertz CT molecular complexity index is 999. The lowest BCUT2D eigenvalue weighted by Crippen LogP contribution is -2.37. The van der Waals surface area contributed by atoms with E-state index < -0.39 is 0 Å².